The van der Waals surface area contributed by atoms with E-state index in [9.17, 15) is 18.0 Å². The largest absolute Gasteiger partial charge is 0.342 e. The fraction of sp³-hybridized carbons (Fsp3) is 0.833. The van der Waals surface area contributed by atoms with Gasteiger partial charge in [0.1, 0.15) is 11.5 Å². The Morgan fingerprint density at radius 2 is 1.56 bits per heavy atom. The van der Waals surface area contributed by atoms with E-state index < -0.39 is 27.3 Å². The van der Waals surface area contributed by atoms with Gasteiger partial charge < -0.3 is 4.90 Å². The molecule has 0 aliphatic carbocycles. The molecule has 0 bridgehead atoms. The fourth-order valence-electron chi connectivity index (χ4n) is 1.49. The first-order chi connectivity index (χ1) is 8.27. The second kappa shape index (κ2) is 7.51. The maximum absolute atomic E-state index is 11.7. The summed E-state index contributed by atoms with van der Waals surface area (Å²) in [7, 11) is -3.64. The first kappa shape index (κ1) is 17.1. The molecule has 0 saturated carbocycles. The summed E-state index contributed by atoms with van der Waals surface area (Å²) in [4.78, 5) is 24.7. The predicted molar refractivity (Wildman–Crippen MR) is 71.0 cm³/mol. The summed E-state index contributed by atoms with van der Waals surface area (Å²) < 4.78 is 23.5. The quantitative estimate of drug-likeness (QED) is 0.660. The Kier molecular flexibility index (Phi) is 7.13. The molecule has 18 heavy (non-hydrogen) atoms. The van der Waals surface area contributed by atoms with Gasteiger partial charge in [0.2, 0.25) is 5.91 Å². The van der Waals surface area contributed by atoms with Gasteiger partial charge >= 0.3 is 0 Å². The van der Waals surface area contributed by atoms with E-state index in [2.05, 4.69) is 0 Å². The van der Waals surface area contributed by atoms with Gasteiger partial charge in [0.15, 0.2) is 15.6 Å². The number of rotatable bonds is 8. The van der Waals surface area contributed by atoms with Gasteiger partial charge in [-0.3, -0.25) is 9.59 Å². The number of hydrogen-bond donors (Lipinski definition) is 0. The van der Waals surface area contributed by atoms with E-state index in [1.54, 1.807) is 20.8 Å². The molecule has 0 heterocycles. The number of nitrogens with zero attached hydrogens (tertiary/aromatic N) is 1. The summed E-state index contributed by atoms with van der Waals surface area (Å²) in [5.41, 5.74) is 0. The summed E-state index contributed by atoms with van der Waals surface area (Å²) in [5.74, 6) is -2.13. The van der Waals surface area contributed by atoms with E-state index in [0.717, 1.165) is 0 Å². The molecule has 1 unspecified atom stereocenters. The molecule has 0 spiro atoms. The van der Waals surface area contributed by atoms with Crippen LogP contribution in [-0.4, -0.2) is 49.6 Å². The van der Waals surface area contributed by atoms with Gasteiger partial charge in [-0.1, -0.05) is 13.8 Å². The zero-order chi connectivity index (χ0) is 14.3. The molecule has 0 aliphatic rings. The highest BCUT2D eigenvalue weighted by molar-refractivity contribution is 7.92. The van der Waals surface area contributed by atoms with Crippen molar-refractivity contribution in [3.63, 3.8) is 0 Å². The van der Waals surface area contributed by atoms with Crippen molar-refractivity contribution in [2.24, 2.45) is 5.92 Å². The Hall–Kier alpha value is -0.910. The molecule has 0 saturated heterocycles. The highest BCUT2D eigenvalue weighted by Gasteiger charge is 2.24. The predicted octanol–water partition coefficient (Wildman–Crippen LogP) is 0.885. The molecule has 0 N–H and O–H groups in total. The highest BCUT2D eigenvalue weighted by Crippen LogP contribution is 2.06. The molecule has 6 heteroatoms. The number of carbonyl (C=O) groups excluding carboxylic acids is 2. The summed E-state index contributed by atoms with van der Waals surface area (Å²) >= 11 is 0. The fourth-order valence-corrected chi connectivity index (χ4v) is 2.87. The van der Waals surface area contributed by atoms with E-state index in [-0.39, 0.29) is 11.7 Å². The third-order valence-corrected chi connectivity index (χ3v) is 4.39. The lowest BCUT2D eigenvalue weighted by Crippen LogP contribution is -2.37. The SMILES string of the molecule is CCC(C)C(=O)CS(=O)(=O)CC(=O)N(CC)CC. The minimum absolute atomic E-state index is 0.275. The standard InChI is InChI=1S/C12H23NO4S/c1-5-10(4)11(14)8-18(16,17)9-12(15)13(6-2)7-3/h10H,5-9H2,1-4H3. The lowest BCUT2D eigenvalue weighted by atomic mass is 10.1. The molecular formula is C12H23NO4S. The first-order valence-corrected chi connectivity index (χ1v) is 8.10. The van der Waals surface area contributed by atoms with Crippen LogP contribution in [0.2, 0.25) is 0 Å². The average molecular weight is 277 g/mol. The van der Waals surface area contributed by atoms with E-state index in [4.69, 9.17) is 0 Å². The van der Waals surface area contributed by atoms with Crippen LogP contribution < -0.4 is 0 Å². The summed E-state index contributed by atoms with van der Waals surface area (Å²) in [5, 5.41) is 0. The number of amides is 1. The third kappa shape index (κ3) is 5.62. The van der Waals surface area contributed by atoms with Crippen molar-refractivity contribution in [1.82, 2.24) is 4.90 Å². The molecule has 106 valence electrons. The van der Waals surface area contributed by atoms with Crippen LogP contribution in [-0.2, 0) is 19.4 Å². The molecule has 0 rings (SSSR count). The molecule has 0 aliphatic heterocycles. The Morgan fingerprint density at radius 3 is 1.94 bits per heavy atom. The van der Waals surface area contributed by atoms with Crippen LogP contribution in [0.4, 0.5) is 0 Å². The van der Waals surface area contributed by atoms with Crippen molar-refractivity contribution < 1.29 is 18.0 Å². The van der Waals surface area contributed by atoms with Crippen molar-refractivity contribution in [3.8, 4) is 0 Å². The Bertz CT molecular complexity index is 385. The Balaban J connectivity index is 4.58. The molecular weight excluding hydrogens is 254 g/mol. The van der Waals surface area contributed by atoms with E-state index in [0.29, 0.717) is 19.5 Å². The Labute approximate surface area is 109 Å². The summed E-state index contributed by atoms with van der Waals surface area (Å²) in [6, 6.07) is 0. The van der Waals surface area contributed by atoms with Crippen molar-refractivity contribution in [3.05, 3.63) is 0 Å². The van der Waals surface area contributed by atoms with Crippen LogP contribution in [0.25, 0.3) is 0 Å². The summed E-state index contributed by atoms with van der Waals surface area (Å²) in [6.07, 6.45) is 0.609. The van der Waals surface area contributed by atoms with Gasteiger partial charge in [-0.15, -0.1) is 0 Å². The third-order valence-electron chi connectivity index (χ3n) is 2.98. The molecule has 1 atom stereocenters. The van der Waals surface area contributed by atoms with E-state index in [1.165, 1.54) is 4.90 Å². The molecule has 0 aromatic rings. The minimum Gasteiger partial charge on any atom is -0.342 e. The molecule has 0 fully saturated rings. The van der Waals surface area contributed by atoms with Crippen molar-refractivity contribution in [2.45, 2.75) is 34.1 Å². The second-order valence-electron chi connectivity index (χ2n) is 4.37. The van der Waals surface area contributed by atoms with Crippen LogP contribution in [0.15, 0.2) is 0 Å². The topological polar surface area (TPSA) is 71.5 Å². The molecule has 1 amide bonds. The number of carbonyl (C=O) groups is 2. The number of hydrogen-bond acceptors (Lipinski definition) is 4. The highest BCUT2D eigenvalue weighted by atomic mass is 32.2. The van der Waals surface area contributed by atoms with Crippen molar-refractivity contribution >= 4 is 21.5 Å². The van der Waals surface area contributed by atoms with Crippen LogP contribution >= 0.6 is 0 Å². The minimum atomic E-state index is -3.64. The van der Waals surface area contributed by atoms with Crippen molar-refractivity contribution in [2.75, 3.05) is 24.6 Å². The average Bonchev–Trinajstić information content (AvgIpc) is 2.27. The molecule has 5 nitrogen and oxygen atoms in total. The van der Waals surface area contributed by atoms with Crippen molar-refractivity contribution in [1.29, 1.82) is 0 Å². The lowest BCUT2D eigenvalue weighted by molar-refractivity contribution is -0.128. The first-order valence-electron chi connectivity index (χ1n) is 6.28. The monoisotopic (exact) mass is 277 g/mol. The van der Waals surface area contributed by atoms with Crippen LogP contribution in [0.1, 0.15) is 34.1 Å². The van der Waals surface area contributed by atoms with Gasteiger partial charge in [-0.25, -0.2) is 8.42 Å². The molecule has 0 aromatic heterocycles. The second-order valence-corrected chi connectivity index (χ2v) is 6.44. The van der Waals surface area contributed by atoms with Gasteiger partial charge in [0.25, 0.3) is 0 Å². The molecule has 0 radical (unpaired) electrons. The maximum Gasteiger partial charge on any atom is 0.237 e. The Morgan fingerprint density at radius 1 is 1.06 bits per heavy atom. The van der Waals surface area contributed by atoms with E-state index >= 15 is 0 Å². The van der Waals surface area contributed by atoms with Gasteiger partial charge in [0.05, 0.1) is 0 Å². The van der Waals surface area contributed by atoms with Gasteiger partial charge in [-0.05, 0) is 20.3 Å². The van der Waals surface area contributed by atoms with Gasteiger partial charge in [-0.2, -0.15) is 0 Å². The number of ketones is 1. The van der Waals surface area contributed by atoms with Crippen LogP contribution in [0, 0.1) is 5.92 Å². The zero-order valence-corrected chi connectivity index (χ0v) is 12.4. The maximum atomic E-state index is 11.7. The lowest BCUT2D eigenvalue weighted by Gasteiger charge is -2.18. The van der Waals surface area contributed by atoms with Crippen LogP contribution in [0.3, 0.4) is 0 Å². The van der Waals surface area contributed by atoms with Gasteiger partial charge in [0, 0.05) is 19.0 Å². The smallest absolute Gasteiger partial charge is 0.237 e. The van der Waals surface area contributed by atoms with Crippen LogP contribution in [0.5, 0.6) is 0 Å². The number of Topliss-reactive ketones (excluding diaryl/α,β-unsaturated/α-hetero) is 1. The summed E-state index contributed by atoms with van der Waals surface area (Å²) in [6.45, 7) is 8.06. The zero-order valence-electron chi connectivity index (χ0n) is 11.6. The molecule has 0 aromatic carbocycles. The van der Waals surface area contributed by atoms with E-state index in [1.807, 2.05) is 6.92 Å². The normalized spacial score (nSPS) is 13.1. The number of sulfone groups is 1.